The molecule has 4 rings (SSSR count). The van der Waals surface area contributed by atoms with E-state index in [1.807, 2.05) is 57.8 Å². The van der Waals surface area contributed by atoms with Crippen LogP contribution in [-0.4, -0.2) is 45.6 Å². The van der Waals surface area contributed by atoms with Crippen molar-refractivity contribution in [3.63, 3.8) is 0 Å². The zero-order chi connectivity index (χ0) is 18.8. The van der Waals surface area contributed by atoms with Crippen LogP contribution in [0.1, 0.15) is 0 Å². The first-order chi connectivity index (χ1) is 13.1. The first kappa shape index (κ1) is 18.8. The minimum Gasteiger partial charge on any atom is -0.379 e. The van der Waals surface area contributed by atoms with Crippen molar-refractivity contribution in [2.24, 2.45) is 0 Å². The summed E-state index contributed by atoms with van der Waals surface area (Å²) in [6.45, 7) is 3.84. The second-order valence-electron chi connectivity index (χ2n) is 6.27. The van der Waals surface area contributed by atoms with Crippen LogP contribution < -0.4 is 0 Å². The van der Waals surface area contributed by atoms with Crippen LogP contribution in [0.15, 0.2) is 53.0 Å². The van der Waals surface area contributed by atoms with Crippen LogP contribution >= 0.6 is 39.7 Å². The van der Waals surface area contributed by atoms with Gasteiger partial charge in [0.25, 0.3) is 0 Å². The summed E-state index contributed by atoms with van der Waals surface area (Å²) in [6.07, 6.45) is 0. The van der Waals surface area contributed by atoms with Gasteiger partial charge in [-0.15, -0.1) is 5.10 Å². The first-order valence-corrected chi connectivity index (χ1v) is 10.2. The molecule has 0 bridgehead atoms. The van der Waals surface area contributed by atoms with Crippen LogP contribution in [0, 0.1) is 4.77 Å². The van der Waals surface area contributed by atoms with Crippen molar-refractivity contribution in [1.29, 1.82) is 0 Å². The lowest BCUT2D eigenvalue weighted by atomic mass is 10.2. The van der Waals surface area contributed by atoms with Gasteiger partial charge in [0.1, 0.15) is 0 Å². The fourth-order valence-electron chi connectivity index (χ4n) is 3.07. The van der Waals surface area contributed by atoms with E-state index >= 15 is 0 Å². The minimum absolute atomic E-state index is 0.628. The number of rotatable bonds is 4. The summed E-state index contributed by atoms with van der Waals surface area (Å²) in [5.41, 5.74) is 1.81. The van der Waals surface area contributed by atoms with Gasteiger partial charge in [-0.2, -0.15) is 0 Å². The molecule has 1 aliphatic heterocycles. The molecule has 0 spiro atoms. The van der Waals surface area contributed by atoms with E-state index in [1.54, 1.807) is 0 Å². The van der Waals surface area contributed by atoms with E-state index in [0.29, 0.717) is 16.5 Å². The predicted molar refractivity (Wildman–Crippen MR) is 113 cm³/mol. The van der Waals surface area contributed by atoms with Crippen LogP contribution in [0.3, 0.4) is 0 Å². The highest BCUT2D eigenvalue weighted by Crippen LogP contribution is 2.29. The van der Waals surface area contributed by atoms with Gasteiger partial charge in [-0.25, -0.2) is 4.68 Å². The average Bonchev–Trinajstić information content (AvgIpc) is 3.00. The molecule has 5 nitrogen and oxygen atoms in total. The van der Waals surface area contributed by atoms with E-state index in [1.165, 1.54) is 0 Å². The maximum atomic E-state index is 6.47. The van der Waals surface area contributed by atoms with E-state index in [2.05, 4.69) is 20.8 Å². The van der Waals surface area contributed by atoms with E-state index in [-0.39, 0.29) is 0 Å². The van der Waals surface area contributed by atoms with E-state index < -0.39 is 0 Å². The molecule has 0 N–H and O–H groups in total. The quantitative estimate of drug-likeness (QED) is 0.520. The fraction of sp³-hybridized carbons (Fsp3) is 0.263. The van der Waals surface area contributed by atoms with Gasteiger partial charge in [-0.3, -0.25) is 9.47 Å². The third-order valence-electron chi connectivity index (χ3n) is 4.48. The number of halogens is 2. The summed E-state index contributed by atoms with van der Waals surface area (Å²) < 4.78 is 10.9. The Labute approximate surface area is 176 Å². The van der Waals surface area contributed by atoms with Gasteiger partial charge in [-0.05, 0) is 48.6 Å². The Morgan fingerprint density at radius 3 is 2.48 bits per heavy atom. The Kier molecular flexibility index (Phi) is 5.75. The molecule has 0 atom stereocenters. The molecule has 27 heavy (non-hydrogen) atoms. The highest BCUT2D eigenvalue weighted by Gasteiger charge is 2.19. The van der Waals surface area contributed by atoms with Crippen LogP contribution in [0.2, 0.25) is 5.02 Å². The number of benzene rings is 2. The molecule has 1 saturated heterocycles. The lowest BCUT2D eigenvalue weighted by molar-refractivity contribution is 0.0210. The number of nitrogens with zero attached hydrogens (tertiary/aromatic N) is 4. The zero-order valence-electron chi connectivity index (χ0n) is 14.5. The number of ether oxygens (including phenoxy) is 1. The zero-order valence-corrected chi connectivity index (χ0v) is 17.7. The van der Waals surface area contributed by atoms with Gasteiger partial charge < -0.3 is 4.74 Å². The number of morpholine rings is 1. The Hall–Kier alpha value is -1.51. The summed E-state index contributed by atoms with van der Waals surface area (Å²) in [5, 5.41) is 5.48. The molecule has 8 heteroatoms. The van der Waals surface area contributed by atoms with E-state index in [0.717, 1.165) is 47.9 Å². The van der Waals surface area contributed by atoms with Gasteiger partial charge in [-0.1, -0.05) is 39.7 Å². The maximum Gasteiger partial charge on any atom is 0.204 e. The molecule has 2 aromatic carbocycles. The molecule has 0 amide bonds. The largest absolute Gasteiger partial charge is 0.379 e. The summed E-state index contributed by atoms with van der Waals surface area (Å²) in [4.78, 5) is 2.29. The molecule has 0 aliphatic carbocycles. The molecule has 2 heterocycles. The molecule has 0 unspecified atom stereocenters. The highest BCUT2D eigenvalue weighted by atomic mass is 79.9. The number of hydrogen-bond acceptors (Lipinski definition) is 4. The lowest BCUT2D eigenvalue weighted by Crippen LogP contribution is -2.37. The number of hydrogen-bond donors (Lipinski definition) is 0. The summed E-state index contributed by atoms with van der Waals surface area (Å²) >= 11 is 15.7. The molecule has 0 saturated carbocycles. The monoisotopic (exact) mass is 464 g/mol. The third kappa shape index (κ3) is 4.02. The second-order valence-corrected chi connectivity index (χ2v) is 7.96. The molecule has 1 fully saturated rings. The van der Waals surface area contributed by atoms with E-state index in [9.17, 15) is 0 Å². The molecule has 1 aromatic heterocycles. The van der Waals surface area contributed by atoms with Crippen LogP contribution in [0.4, 0.5) is 0 Å². The van der Waals surface area contributed by atoms with Gasteiger partial charge in [0.05, 0.1) is 30.6 Å². The SMILES string of the molecule is S=c1n(CN2CCOCC2)nc(-c2ccccc2Cl)n1-c1ccc(Br)cc1. The van der Waals surface area contributed by atoms with Crippen LogP contribution in [0.5, 0.6) is 0 Å². The van der Waals surface area contributed by atoms with E-state index in [4.69, 9.17) is 33.7 Å². The summed E-state index contributed by atoms with van der Waals surface area (Å²) in [7, 11) is 0. The van der Waals surface area contributed by atoms with Crippen LogP contribution in [-0.2, 0) is 11.4 Å². The topological polar surface area (TPSA) is 35.2 Å². The van der Waals surface area contributed by atoms with Crippen molar-refractivity contribution in [3.05, 3.63) is 62.8 Å². The molecule has 1 aliphatic rings. The van der Waals surface area contributed by atoms with Crippen molar-refractivity contribution >= 4 is 39.7 Å². The highest BCUT2D eigenvalue weighted by molar-refractivity contribution is 9.10. The third-order valence-corrected chi connectivity index (χ3v) is 5.73. The summed E-state index contributed by atoms with van der Waals surface area (Å²) in [6, 6.07) is 15.7. The predicted octanol–water partition coefficient (Wildman–Crippen LogP) is 4.78. The Balaban J connectivity index is 1.83. The summed E-state index contributed by atoms with van der Waals surface area (Å²) in [5.74, 6) is 0.737. The molecular weight excluding hydrogens is 448 g/mol. The van der Waals surface area contributed by atoms with Crippen molar-refractivity contribution in [2.75, 3.05) is 26.3 Å². The Morgan fingerprint density at radius 1 is 1.07 bits per heavy atom. The minimum atomic E-state index is 0.628. The Bertz CT molecular complexity index is 996. The standard InChI is InChI=1S/C19H18BrClN4OS/c20-14-5-7-15(8-6-14)25-18(16-3-1-2-4-17(16)21)22-24(19(25)27)13-23-9-11-26-12-10-23/h1-8H,9-13H2. The van der Waals surface area contributed by atoms with Crippen molar-refractivity contribution in [2.45, 2.75) is 6.67 Å². The second kappa shape index (κ2) is 8.24. The fourth-order valence-corrected chi connectivity index (χ4v) is 3.85. The van der Waals surface area contributed by atoms with Crippen LogP contribution in [0.25, 0.3) is 17.1 Å². The molecule has 0 radical (unpaired) electrons. The maximum absolute atomic E-state index is 6.47. The molecule has 140 valence electrons. The van der Waals surface area contributed by atoms with Gasteiger partial charge in [0, 0.05) is 23.1 Å². The lowest BCUT2D eigenvalue weighted by Gasteiger charge is -2.26. The smallest absolute Gasteiger partial charge is 0.204 e. The van der Waals surface area contributed by atoms with Crippen molar-refractivity contribution < 1.29 is 4.74 Å². The van der Waals surface area contributed by atoms with Crippen molar-refractivity contribution in [1.82, 2.24) is 19.2 Å². The normalized spacial score (nSPS) is 15.2. The van der Waals surface area contributed by atoms with Gasteiger partial charge in [0.2, 0.25) is 4.77 Å². The van der Waals surface area contributed by atoms with Crippen molar-refractivity contribution in [3.8, 4) is 17.1 Å². The molecule has 3 aromatic rings. The average molecular weight is 466 g/mol. The van der Waals surface area contributed by atoms with Gasteiger partial charge in [0.15, 0.2) is 5.82 Å². The Morgan fingerprint density at radius 2 is 1.78 bits per heavy atom. The number of aromatic nitrogens is 3. The molecular formula is C19H18BrClN4OS. The van der Waals surface area contributed by atoms with Gasteiger partial charge >= 0.3 is 0 Å². The first-order valence-electron chi connectivity index (χ1n) is 8.64.